The zero-order chi connectivity index (χ0) is 24.5. The molecular formula is C23H19ClF3N3O4. The van der Waals surface area contributed by atoms with Crippen LogP contribution in [0.4, 0.5) is 18.9 Å². The minimum absolute atomic E-state index is 0.129. The van der Waals surface area contributed by atoms with Gasteiger partial charge in [0.15, 0.2) is 5.76 Å². The van der Waals surface area contributed by atoms with Gasteiger partial charge in [0.2, 0.25) is 5.91 Å². The maximum absolute atomic E-state index is 13.3. The molecule has 0 atom stereocenters. The van der Waals surface area contributed by atoms with Crippen molar-refractivity contribution < 1.29 is 32.0 Å². The van der Waals surface area contributed by atoms with Crippen molar-refractivity contribution in [3.8, 4) is 0 Å². The lowest BCUT2D eigenvalue weighted by atomic mass is 10.1. The second-order valence-corrected chi connectivity index (χ2v) is 7.98. The summed E-state index contributed by atoms with van der Waals surface area (Å²) in [6.45, 7) is 0.641. The quantitative estimate of drug-likeness (QED) is 0.551. The summed E-state index contributed by atoms with van der Waals surface area (Å²) in [5.41, 5.74) is -0.887. The zero-order valence-corrected chi connectivity index (χ0v) is 18.4. The monoisotopic (exact) mass is 493 g/mol. The summed E-state index contributed by atoms with van der Waals surface area (Å²) in [6.07, 6.45) is -4.71. The molecule has 1 aliphatic heterocycles. The van der Waals surface area contributed by atoms with Crippen molar-refractivity contribution in [2.45, 2.75) is 6.18 Å². The largest absolute Gasteiger partial charge is 0.451 e. The lowest BCUT2D eigenvalue weighted by Crippen LogP contribution is -2.50. The number of anilines is 1. The molecule has 178 valence electrons. The van der Waals surface area contributed by atoms with E-state index in [0.717, 1.165) is 17.5 Å². The Bertz CT molecular complexity index is 1220. The third kappa shape index (κ3) is 5.01. The highest BCUT2D eigenvalue weighted by molar-refractivity contribution is 6.29. The highest BCUT2D eigenvalue weighted by Crippen LogP contribution is 2.32. The molecule has 1 fully saturated rings. The van der Waals surface area contributed by atoms with Crippen LogP contribution in [0.3, 0.4) is 0 Å². The van der Waals surface area contributed by atoms with E-state index in [2.05, 4.69) is 5.32 Å². The molecule has 34 heavy (non-hydrogen) atoms. The van der Waals surface area contributed by atoms with Crippen LogP contribution in [0.2, 0.25) is 0 Å². The number of hydrogen-bond acceptors (Lipinski definition) is 4. The Morgan fingerprint density at radius 3 is 2.21 bits per heavy atom. The Hall–Kier alpha value is -3.53. The number of piperazine rings is 1. The van der Waals surface area contributed by atoms with E-state index in [1.54, 1.807) is 18.2 Å². The molecular weight excluding hydrogens is 475 g/mol. The van der Waals surface area contributed by atoms with Crippen molar-refractivity contribution in [3.63, 3.8) is 0 Å². The summed E-state index contributed by atoms with van der Waals surface area (Å²) in [4.78, 5) is 40.2. The van der Waals surface area contributed by atoms with Gasteiger partial charge < -0.3 is 19.5 Å². The molecule has 0 saturated carbocycles. The van der Waals surface area contributed by atoms with Crippen LogP contribution < -0.4 is 5.32 Å². The Balaban J connectivity index is 1.47. The molecule has 1 aliphatic rings. The smallest absolute Gasteiger partial charge is 0.416 e. The van der Waals surface area contributed by atoms with Crippen molar-refractivity contribution >= 4 is 46.0 Å². The van der Waals surface area contributed by atoms with Crippen molar-refractivity contribution in [1.82, 2.24) is 9.80 Å². The average Bonchev–Trinajstić information content (AvgIpc) is 3.26. The van der Waals surface area contributed by atoms with E-state index in [-0.39, 0.29) is 49.1 Å². The van der Waals surface area contributed by atoms with Crippen LogP contribution in [0.1, 0.15) is 26.5 Å². The molecule has 0 radical (unpaired) electrons. The van der Waals surface area contributed by atoms with Crippen molar-refractivity contribution in [1.29, 1.82) is 0 Å². The first-order chi connectivity index (χ1) is 16.2. The molecule has 7 nitrogen and oxygen atoms in total. The van der Waals surface area contributed by atoms with Gasteiger partial charge >= 0.3 is 6.18 Å². The number of nitrogens with zero attached hydrogens (tertiary/aromatic N) is 2. The van der Waals surface area contributed by atoms with Crippen molar-refractivity contribution in [3.05, 3.63) is 65.4 Å². The number of rotatable bonds is 4. The molecule has 0 spiro atoms. The van der Waals surface area contributed by atoms with E-state index in [1.807, 2.05) is 12.1 Å². The van der Waals surface area contributed by atoms with Gasteiger partial charge in [-0.15, -0.1) is 11.6 Å². The minimum atomic E-state index is -4.71. The molecule has 2 aromatic carbocycles. The number of fused-ring (bicyclic) bond motifs is 1. The van der Waals surface area contributed by atoms with Crippen molar-refractivity contribution in [2.75, 3.05) is 37.4 Å². The van der Waals surface area contributed by atoms with Gasteiger partial charge in [-0.05, 0) is 30.3 Å². The minimum Gasteiger partial charge on any atom is -0.451 e. The van der Waals surface area contributed by atoms with Gasteiger partial charge in [0.25, 0.3) is 11.8 Å². The molecule has 0 unspecified atom stereocenters. The van der Waals surface area contributed by atoms with Crippen LogP contribution in [0.25, 0.3) is 11.0 Å². The summed E-state index contributed by atoms with van der Waals surface area (Å²) >= 11 is 5.41. The van der Waals surface area contributed by atoms with Crippen LogP contribution in [-0.4, -0.2) is 59.6 Å². The van der Waals surface area contributed by atoms with Gasteiger partial charge in [-0.2, -0.15) is 13.2 Å². The van der Waals surface area contributed by atoms with E-state index in [4.69, 9.17) is 16.0 Å². The number of furan rings is 1. The first-order valence-electron chi connectivity index (χ1n) is 10.3. The first-order valence-corrected chi connectivity index (χ1v) is 10.8. The zero-order valence-electron chi connectivity index (χ0n) is 17.7. The van der Waals surface area contributed by atoms with Gasteiger partial charge in [-0.3, -0.25) is 14.4 Å². The summed E-state index contributed by atoms with van der Waals surface area (Å²) in [6, 6.07) is 11.5. The standard InChI is InChI=1S/C23H19ClF3N3O4/c24-13-20(31)28-17-10-15(9-16(12-17)23(25,26)27)21(32)29-5-7-30(8-6-29)22(33)19-11-14-3-1-2-4-18(14)34-19/h1-4,9-12H,5-8,13H2,(H,28,31). The predicted molar refractivity (Wildman–Crippen MR) is 119 cm³/mol. The fraction of sp³-hybridized carbons (Fsp3) is 0.261. The molecule has 1 saturated heterocycles. The van der Waals surface area contributed by atoms with Crippen LogP contribution in [-0.2, 0) is 11.0 Å². The van der Waals surface area contributed by atoms with Gasteiger partial charge in [-0.25, -0.2) is 0 Å². The van der Waals surface area contributed by atoms with Crippen LogP contribution in [0.15, 0.2) is 52.9 Å². The average molecular weight is 494 g/mol. The number of hydrogen-bond donors (Lipinski definition) is 1. The van der Waals surface area contributed by atoms with Gasteiger partial charge in [0.05, 0.1) is 5.56 Å². The topological polar surface area (TPSA) is 82.9 Å². The number of para-hydroxylation sites is 1. The normalized spacial score (nSPS) is 14.4. The third-order valence-corrected chi connectivity index (χ3v) is 5.65. The molecule has 1 aromatic heterocycles. The van der Waals surface area contributed by atoms with E-state index >= 15 is 0 Å². The van der Waals surface area contributed by atoms with Crippen LogP contribution in [0, 0.1) is 0 Å². The fourth-order valence-corrected chi connectivity index (χ4v) is 3.79. The van der Waals surface area contributed by atoms with E-state index < -0.39 is 29.4 Å². The first kappa shape index (κ1) is 23.6. The summed E-state index contributed by atoms with van der Waals surface area (Å²) in [5, 5.41) is 3.04. The molecule has 0 aliphatic carbocycles. The Labute approximate surface area is 197 Å². The maximum Gasteiger partial charge on any atom is 0.416 e. The van der Waals surface area contributed by atoms with E-state index in [0.29, 0.717) is 5.58 Å². The molecule has 3 amide bonds. The molecule has 0 bridgehead atoms. The second kappa shape index (κ2) is 9.38. The molecule has 2 heterocycles. The van der Waals surface area contributed by atoms with E-state index in [1.165, 1.54) is 15.9 Å². The number of alkyl halides is 4. The molecule has 11 heteroatoms. The third-order valence-electron chi connectivity index (χ3n) is 5.40. The highest BCUT2D eigenvalue weighted by Gasteiger charge is 2.33. The SMILES string of the molecule is O=C(CCl)Nc1cc(C(=O)N2CCN(C(=O)c3cc4ccccc4o3)CC2)cc(C(F)(F)F)c1. The Morgan fingerprint density at radius 1 is 0.941 bits per heavy atom. The lowest BCUT2D eigenvalue weighted by Gasteiger charge is -2.34. The highest BCUT2D eigenvalue weighted by atomic mass is 35.5. The number of nitrogens with one attached hydrogen (secondary N) is 1. The lowest BCUT2D eigenvalue weighted by molar-refractivity contribution is -0.137. The van der Waals surface area contributed by atoms with Crippen molar-refractivity contribution in [2.24, 2.45) is 0 Å². The second-order valence-electron chi connectivity index (χ2n) is 7.71. The number of halogens is 4. The predicted octanol–water partition coefficient (Wildman–Crippen LogP) is 4.23. The molecule has 1 N–H and O–H groups in total. The van der Waals surface area contributed by atoms with Gasteiger partial charge in [0.1, 0.15) is 11.5 Å². The summed E-state index contributed by atoms with van der Waals surface area (Å²) in [5.74, 6) is -1.92. The maximum atomic E-state index is 13.3. The number of carbonyl (C=O) groups is 3. The summed E-state index contributed by atoms with van der Waals surface area (Å²) < 4.78 is 45.6. The molecule has 3 aromatic rings. The Morgan fingerprint density at radius 2 is 1.59 bits per heavy atom. The van der Waals surface area contributed by atoms with Gasteiger partial charge in [0, 0.05) is 42.8 Å². The Kier molecular flexibility index (Phi) is 6.52. The van der Waals surface area contributed by atoms with Crippen LogP contribution >= 0.6 is 11.6 Å². The van der Waals surface area contributed by atoms with E-state index in [9.17, 15) is 27.6 Å². The fourth-order valence-electron chi connectivity index (χ4n) is 3.72. The summed E-state index contributed by atoms with van der Waals surface area (Å²) in [7, 11) is 0. The van der Waals surface area contributed by atoms with Crippen LogP contribution in [0.5, 0.6) is 0 Å². The number of carbonyl (C=O) groups excluding carboxylic acids is 3. The number of benzene rings is 2. The number of amides is 3. The van der Waals surface area contributed by atoms with Gasteiger partial charge in [-0.1, -0.05) is 18.2 Å². The molecule has 4 rings (SSSR count).